The number of aliphatic hydroxyl groups is 1. The fourth-order valence-corrected chi connectivity index (χ4v) is 5.65. The quantitative estimate of drug-likeness (QED) is 0.228. The molecule has 0 spiro atoms. The predicted molar refractivity (Wildman–Crippen MR) is 143 cm³/mol. The number of halogens is 1. The van der Waals surface area contributed by atoms with Gasteiger partial charge in [-0.2, -0.15) is 0 Å². The summed E-state index contributed by atoms with van der Waals surface area (Å²) in [6.07, 6.45) is 0. The van der Waals surface area contributed by atoms with Crippen LogP contribution in [0.4, 0.5) is 15.2 Å². The van der Waals surface area contributed by atoms with Crippen LogP contribution < -0.4 is 19.3 Å². The monoisotopic (exact) mass is 531 g/mol. The van der Waals surface area contributed by atoms with Crippen LogP contribution in [-0.4, -0.2) is 49.1 Å². The van der Waals surface area contributed by atoms with Gasteiger partial charge < -0.3 is 19.5 Å². The highest BCUT2D eigenvalue weighted by atomic mass is 32.1. The topological polar surface area (TPSA) is 92.2 Å². The largest absolute Gasteiger partial charge is 0.507 e. The van der Waals surface area contributed by atoms with Crippen LogP contribution in [0.25, 0.3) is 16.0 Å². The number of benzene rings is 3. The van der Waals surface area contributed by atoms with Crippen LogP contribution in [-0.2, 0) is 9.59 Å². The number of aromatic nitrogens is 1. The van der Waals surface area contributed by atoms with Crippen molar-refractivity contribution in [1.82, 2.24) is 4.98 Å². The smallest absolute Gasteiger partial charge is 0.301 e. The number of thiazole rings is 1. The minimum atomic E-state index is -0.954. The Bertz CT molecular complexity index is 1630. The summed E-state index contributed by atoms with van der Waals surface area (Å²) in [5.74, 6) is -1.46. The molecule has 3 heterocycles. The molecule has 1 atom stereocenters. The first-order chi connectivity index (χ1) is 18.3. The maximum Gasteiger partial charge on any atom is 0.301 e. The molecule has 1 amide bonds. The third-order valence-electron chi connectivity index (χ3n) is 6.53. The van der Waals surface area contributed by atoms with E-state index in [0.29, 0.717) is 46.1 Å². The van der Waals surface area contributed by atoms with Crippen LogP contribution in [0.15, 0.2) is 66.2 Å². The zero-order valence-electron chi connectivity index (χ0n) is 20.5. The number of aliphatic hydroxyl groups excluding tert-OH is 1. The fraction of sp³-hybridized carbons (Fsp3) is 0.179. The number of amides is 1. The summed E-state index contributed by atoms with van der Waals surface area (Å²) in [4.78, 5) is 34.7. The van der Waals surface area contributed by atoms with Gasteiger partial charge in [0, 0.05) is 25.3 Å². The third-order valence-corrected chi connectivity index (χ3v) is 7.55. The number of anilines is 2. The average molecular weight is 532 g/mol. The summed E-state index contributed by atoms with van der Waals surface area (Å²) in [6, 6.07) is 15.4. The van der Waals surface area contributed by atoms with E-state index in [9.17, 15) is 19.1 Å². The van der Waals surface area contributed by atoms with Crippen molar-refractivity contribution < 1.29 is 28.6 Å². The summed E-state index contributed by atoms with van der Waals surface area (Å²) in [6.45, 7) is 0.774. The molecular weight excluding hydrogens is 509 g/mol. The number of Topliss-reactive ketones (excluding diaryl/α,β-unsaturated/α-hetero) is 1. The second-order valence-electron chi connectivity index (χ2n) is 9.12. The molecule has 0 bridgehead atoms. The molecule has 2 aliphatic heterocycles. The van der Waals surface area contributed by atoms with Crippen molar-refractivity contribution in [3.63, 3.8) is 0 Å². The SMILES string of the molecule is CN(C)c1ccc(C2/C(=C(\O)c3ccc4c(c3)OCCO4)C(=O)C(=O)N2c2nc3ccc(F)cc3s2)cc1. The highest BCUT2D eigenvalue weighted by Crippen LogP contribution is 2.45. The van der Waals surface area contributed by atoms with Crippen LogP contribution in [0.2, 0.25) is 0 Å². The van der Waals surface area contributed by atoms with Gasteiger partial charge in [-0.3, -0.25) is 14.5 Å². The van der Waals surface area contributed by atoms with Crippen molar-refractivity contribution in [2.75, 3.05) is 37.1 Å². The number of rotatable bonds is 4. The Kier molecular flexibility index (Phi) is 5.76. The Morgan fingerprint density at radius 3 is 2.50 bits per heavy atom. The molecule has 1 unspecified atom stereocenters. The Morgan fingerprint density at radius 1 is 1.03 bits per heavy atom. The molecule has 10 heteroatoms. The summed E-state index contributed by atoms with van der Waals surface area (Å²) in [5.41, 5.74) is 2.28. The number of hydrogen-bond acceptors (Lipinski definition) is 8. The van der Waals surface area contributed by atoms with Crippen LogP contribution >= 0.6 is 11.3 Å². The molecule has 38 heavy (non-hydrogen) atoms. The molecule has 0 aliphatic carbocycles. The van der Waals surface area contributed by atoms with Gasteiger partial charge in [0.1, 0.15) is 24.8 Å². The molecule has 6 rings (SSSR count). The van der Waals surface area contributed by atoms with Gasteiger partial charge in [-0.05, 0) is 54.1 Å². The van der Waals surface area contributed by atoms with Crippen molar-refractivity contribution >= 4 is 49.8 Å². The average Bonchev–Trinajstić information content (AvgIpc) is 3.45. The molecule has 1 saturated heterocycles. The fourth-order valence-electron chi connectivity index (χ4n) is 4.64. The van der Waals surface area contributed by atoms with Gasteiger partial charge in [-0.15, -0.1) is 0 Å². The molecule has 2 aliphatic rings. The lowest BCUT2D eigenvalue weighted by Crippen LogP contribution is -2.29. The van der Waals surface area contributed by atoms with E-state index in [2.05, 4.69) is 4.98 Å². The standard InChI is InChI=1S/C28H22FN3O5S/c1-31(2)18-7-3-15(4-8-18)24-23(25(33)16-5-10-20-21(13-16)37-12-11-36-20)26(34)27(35)32(24)28-30-19-9-6-17(29)14-22(19)38-28/h3-10,13-14,24,33H,11-12H2,1-2H3/b25-23+. The molecule has 1 N–H and O–H groups in total. The van der Waals surface area contributed by atoms with Crippen molar-refractivity contribution in [2.45, 2.75) is 6.04 Å². The van der Waals surface area contributed by atoms with Gasteiger partial charge in [-0.25, -0.2) is 9.37 Å². The third kappa shape index (κ3) is 3.93. The number of ether oxygens (including phenoxy) is 2. The van der Waals surface area contributed by atoms with Crippen molar-refractivity contribution in [3.05, 3.63) is 83.2 Å². The molecule has 0 saturated carbocycles. The molecular formula is C28H22FN3O5S. The van der Waals surface area contributed by atoms with E-state index in [1.165, 1.54) is 23.1 Å². The molecule has 3 aromatic carbocycles. The lowest BCUT2D eigenvalue weighted by atomic mass is 9.95. The van der Waals surface area contributed by atoms with Crippen LogP contribution in [0.5, 0.6) is 11.5 Å². The van der Waals surface area contributed by atoms with E-state index < -0.39 is 23.5 Å². The molecule has 192 valence electrons. The van der Waals surface area contributed by atoms with Crippen LogP contribution in [0.3, 0.4) is 0 Å². The first-order valence-corrected chi connectivity index (χ1v) is 12.7. The zero-order chi connectivity index (χ0) is 26.6. The van der Waals surface area contributed by atoms with E-state index in [1.54, 1.807) is 18.2 Å². The van der Waals surface area contributed by atoms with Crippen LogP contribution in [0.1, 0.15) is 17.2 Å². The van der Waals surface area contributed by atoms with E-state index in [4.69, 9.17) is 9.47 Å². The Labute approximate surface area is 221 Å². The second kappa shape index (κ2) is 9.14. The summed E-state index contributed by atoms with van der Waals surface area (Å²) in [5, 5.41) is 11.7. The minimum absolute atomic E-state index is 0.0743. The molecule has 1 fully saturated rings. The van der Waals surface area contributed by atoms with Crippen LogP contribution in [0, 0.1) is 5.82 Å². The number of fused-ring (bicyclic) bond motifs is 2. The first-order valence-electron chi connectivity index (χ1n) is 11.9. The predicted octanol–water partition coefficient (Wildman–Crippen LogP) is 4.90. The number of hydrogen-bond donors (Lipinski definition) is 1. The van der Waals surface area contributed by atoms with E-state index in [0.717, 1.165) is 17.0 Å². The lowest BCUT2D eigenvalue weighted by Gasteiger charge is -2.24. The summed E-state index contributed by atoms with van der Waals surface area (Å²) in [7, 11) is 3.81. The minimum Gasteiger partial charge on any atom is -0.507 e. The van der Waals surface area contributed by atoms with Gasteiger partial charge in [-0.1, -0.05) is 23.5 Å². The number of carbonyl (C=O) groups excluding carboxylic acids is 2. The number of carbonyl (C=O) groups is 2. The maximum atomic E-state index is 13.9. The van der Waals surface area contributed by atoms with Crippen molar-refractivity contribution in [3.8, 4) is 11.5 Å². The van der Waals surface area contributed by atoms with E-state index in [1.807, 2.05) is 43.3 Å². The maximum absolute atomic E-state index is 13.9. The Balaban J connectivity index is 1.53. The van der Waals surface area contributed by atoms with Crippen molar-refractivity contribution in [1.29, 1.82) is 0 Å². The van der Waals surface area contributed by atoms with Gasteiger partial charge in [0.25, 0.3) is 5.78 Å². The highest BCUT2D eigenvalue weighted by Gasteiger charge is 2.48. The first kappa shape index (κ1) is 23.9. The molecule has 0 radical (unpaired) electrons. The highest BCUT2D eigenvalue weighted by molar-refractivity contribution is 7.22. The lowest BCUT2D eigenvalue weighted by molar-refractivity contribution is -0.132. The molecule has 8 nitrogen and oxygen atoms in total. The normalized spacial score (nSPS) is 18.3. The number of nitrogens with zero attached hydrogens (tertiary/aromatic N) is 3. The molecule has 1 aromatic heterocycles. The summed E-state index contributed by atoms with van der Waals surface area (Å²) < 4.78 is 25.6. The van der Waals surface area contributed by atoms with E-state index in [-0.39, 0.29) is 16.5 Å². The van der Waals surface area contributed by atoms with Gasteiger partial charge in [0.2, 0.25) is 0 Å². The zero-order valence-corrected chi connectivity index (χ0v) is 21.3. The second-order valence-corrected chi connectivity index (χ2v) is 10.1. The Morgan fingerprint density at radius 2 is 1.76 bits per heavy atom. The Hall–Kier alpha value is -4.44. The number of ketones is 1. The summed E-state index contributed by atoms with van der Waals surface area (Å²) >= 11 is 1.10. The molecule has 4 aromatic rings. The van der Waals surface area contributed by atoms with Gasteiger partial charge in [0.15, 0.2) is 16.6 Å². The van der Waals surface area contributed by atoms with Crippen molar-refractivity contribution in [2.24, 2.45) is 0 Å². The van der Waals surface area contributed by atoms with Gasteiger partial charge >= 0.3 is 5.91 Å². The van der Waals surface area contributed by atoms with Gasteiger partial charge in [0.05, 0.1) is 21.8 Å². The van der Waals surface area contributed by atoms with E-state index >= 15 is 0 Å².